The largest absolute Gasteiger partial charge is 0.461 e. The average molecular weight is 494 g/mol. The molecule has 9 heteroatoms. The van der Waals surface area contributed by atoms with Gasteiger partial charge >= 0.3 is 11.9 Å². The fraction of sp³-hybridized carbons (Fsp3) is 0.417. The van der Waals surface area contributed by atoms with Gasteiger partial charge in [0.05, 0.1) is 11.4 Å². The van der Waals surface area contributed by atoms with Gasteiger partial charge in [0.2, 0.25) is 10.0 Å². The molecule has 0 saturated carbocycles. The third-order valence-corrected chi connectivity index (χ3v) is 7.76. The Hall–Kier alpha value is -2.42. The lowest BCUT2D eigenvalue weighted by molar-refractivity contribution is -0.151. The molecule has 0 N–H and O–H groups in total. The first-order chi connectivity index (χ1) is 15.7. The van der Waals surface area contributed by atoms with E-state index in [1.54, 1.807) is 24.3 Å². The van der Waals surface area contributed by atoms with Gasteiger partial charge in [-0.15, -0.1) is 11.6 Å². The lowest BCUT2D eigenvalue weighted by atomic mass is 9.94. The van der Waals surface area contributed by atoms with Gasteiger partial charge in [-0.3, -0.25) is 9.59 Å². The van der Waals surface area contributed by atoms with Crippen LogP contribution in [0.3, 0.4) is 0 Å². The number of ether oxygens (including phenoxy) is 2. The molecule has 1 saturated heterocycles. The summed E-state index contributed by atoms with van der Waals surface area (Å²) in [5, 5.41) is 0. The van der Waals surface area contributed by atoms with Crippen molar-refractivity contribution in [2.75, 3.05) is 12.4 Å². The topological polar surface area (TPSA) is 90.0 Å². The van der Waals surface area contributed by atoms with Gasteiger partial charge in [0.15, 0.2) is 0 Å². The molecule has 0 amide bonds. The number of sulfonamides is 1. The molecule has 2 aromatic rings. The lowest BCUT2D eigenvalue weighted by Gasteiger charge is -2.39. The van der Waals surface area contributed by atoms with Crippen LogP contribution < -0.4 is 0 Å². The van der Waals surface area contributed by atoms with Crippen molar-refractivity contribution in [1.82, 2.24) is 4.31 Å². The highest BCUT2D eigenvalue weighted by Crippen LogP contribution is 2.34. The van der Waals surface area contributed by atoms with Gasteiger partial charge in [0, 0.05) is 19.4 Å². The van der Waals surface area contributed by atoms with E-state index < -0.39 is 40.2 Å². The van der Waals surface area contributed by atoms with Crippen LogP contribution in [0.2, 0.25) is 0 Å². The smallest absolute Gasteiger partial charge is 0.321 e. The molecule has 0 unspecified atom stereocenters. The normalized spacial score (nSPS) is 20.1. The minimum atomic E-state index is -3.88. The van der Waals surface area contributed by atoms with Gasteiger partial charge in [-0.05, 0) is 37.5 Å². The van der Waals surface area contributed by atoms with E-state index in [9.17, 15) is 18.0 Å². The minimum Gasteiger partial charge on any atom is -0.461 e. The zero-order valence-corrected chi connectivity index (χ0v) is 20.2. The number of esters is 2. The van der Waals surface area contributed by atoms with Crippen molar-refractivity contribution in [3.63, 3.8) is 0 Å². The minimum absolute atomic E-state index is 0.0332. The quantitative estimate of drug-likeness (QED) is 0.408. The Morgan fingerprint density at radius 1 is 1.09 bits per heavy atom. The molecule has 0 aromatic heterocycles. The van der Waals surface area contributed by atoms with Crippen molar-refractivity contribution in [1.29, 1.82) is 0 Å². The van der Waals surface area contributed by atoms with E-state index in [4.69, 9.17) is 21.1 Å². The average Bonchev–Trinajstić information content (AvgIpc) is 2.79. The van der Waals surface area contributed by atoms with Gasteiger partial charge in [-0.1, -0.05) is 48.0 Å². The fourth-order valence-electron chi connectivity index (χ4n) is 4.03. The van der Waals surface area contributed by atoms with Crippen LogP contribution in [0.25, 0.3) is 0 Å². The first kappa shape index (κ1) is 25.2. The summed E-state index contributed by atoms with van der Waals surface area (Å²) >= 11 is 5.66. The highest BCUT2D eigenvalue weighted by Gasteiger charge is 2.40. The van der Waals surface area contributed by atoms with E-state index in [1.165, 1.54) is 11.2 Å². The summed E-state index contributed by atoms with van der Waals surface area (Å²) in [6, 6.07) is 15.3. The van der Waals surface area contributed by atoms with Gasteiger partial charge in [0.1, 0.15) is 18.1 Å². The molecule has 0 spiro atoms. The van der Waals surface area contributed by atoms with E-state index in [-0.39, 0.29) is 23.7 Å². The van der Waals surface area contributed by atoms with Crippen molar-refractivity contribution in [3.8, 4) is 0 Å². The summed E-state index contributed by atoms with van der Waals surface area (Å²) in [6.07, 6.45) is 0.00718. The van der Waals surface area contributed by atoms with Gasteiger partial charge in [-0.2, -0.15) is 4.31 Å². The SMILES string of the molecule is CC(=O)O[C@H]1CC[C@@H](C[C@H](OC(=O)CCl)c2ccccc2)N(S(=O)(=O)c2ccc(C)cc2)C1. The molecule has 1 aliphatic heterocycles. The second-order valence-electron chi connectivity index (χ2n) is 8.11. The number of hydrogen-bond acceptors (Lipinski definition) is 6. The maximum absolute atomic E-state index is 13.6. The number of carbonyl (C=O) groups is 2. The number of benzene rings is 2. The van der Waals surface area contributed by atoms with Crippen LogP contribution >= 0.6 is 11.6 Å². The first-order valence-electron chi connectivity index (χ1n) is 10.8. The summed E-state index contributed by atoms with van der Waals surface area (Å²) in [7, 11) is -3.88. The third-order valence-electron chi connectivity index (χ3n) is 5.61. The predicted molar refractivity (Wildman–Crippen MR) is 124 cm³/mol. The Balaban J connectivity index is 1.93. The number of carbonyl (C=O) groups excluding carboxylic acids is 2. The van der Waals surface area contributed by atoms with Gasteiger partial charge in [0.25, 0.3) is 0 Å². The van der Waals surface area contributed by atoms with E-state index >= 15 is 0 Å². The molecule has 0 aliphatic carbocycles. The van der Waals surface area contributed by atoms with Crippen molar-refractivity contribution in [2.45, 2.75) is 56.3 Å². The van der Waals surface area contributed by atoms with Crippen molar-refractivity contribution in [3.05, 3.63) is 65.7 Å². The summed E-state index contributed by atoms with van der Waals surface area (Å²) in [6.45, 7) is 3.22. The molecule has 2 aromatic carbocycles. The fourth-order valence-corrected chi connectivity index (χ4v) is 5.79. The molecule has 3 rings (SSSR count). The van der Waals surface area contributed by atoms with Crippen LogP contribution in [-0.4, -0.2) is 49.2 Å². The Morgan fingerprint density at radius 2 is 1.76 bits per heavy atom. The first-order valence-corrected chi connectivity index (χ1v) is 12.7. The number of halogens is 1. The third kappa shape index (κ3) is 6.56. The molecule has 178 valence electrons. The summed E-state index contributed by atoms with van der Waals surface area (Å²) < 4.78 is 39.5. The Labute approximate surface area is 199 Å². The Bertz CT molecular complexity index is 1060. The standard InChI is InChI=1S/C24H28ClNO6S/c1-17-8-12-22(13-9-17)33(29,30)26-16-21(31-18(2)27)11-10-20(26)14-23(32-24(28)15-25)19-6-4-3-5-7-19/h3-9,12-13,20-21,23H,10-11,14-16H2,1-2H3/t20-,21-,23-/m0/s1. The molecule has 7 nitrogen and oxygen atoms in total. The summed E-state index contributed by atoms with van der Waals surface area (Å²) in [5.74, 6) is -1.33. The number of alkyl halides is 1. The molecule has 1 heterocycles. The highest BCUT2D eigenvalue weighted by atomic mass is 35.5. The highest BCUT2D eigenvalue weighted by molar-refractivity contribution is 7.89. The zero-order chi connectivity index (χ0) is 24.0. The Kier molecular flexibility index (Phi) is 8.51. The monoisotopic (exact) mass is 493 g/mol. The predicted octanol–water partition coefficient (Wildman–Crippen LogP) is 3.99. The van der Waals surface area contributed by atoms with Crippen LogP contribution in [0.1, 0.15) is 43.4 Å². The second-order valence-corrected chi connectivity index (χ2v) is 10.3. The summed E-state index contributed by atoms with van der Waals surface area (Å²) in [5.41, 5.74) is 1.70. The number of piperidine rings is 1. The zero-order valence-electron chi connectivity index (χ0n) is 18.6. The molecular weight excluding hydrogens is 466 g/mol. The number of rotatable bonds is 8. The summed E-state index contributed by atoms with van der Waals surface area (Å²) in [4.78, 5) is 23.7. The van der Waals surface area contributed by atoms with E-state index in [2.05, 4.69) is 0 Å². The van der Waals surface area contributed by atoms with Crippen molar-refractivity contribution < 1.29 is 27.5 Å². The molecule has 1 aliphatic rings. The van der Waals surface area contributed by atoms with Gasteiger partial charge in [-0.25, -0.2) is 8.42 Å². The molecule has 3 atom stereocenters. The van der Waals surface area contributed by atoms with Crippen LogP contribution in [-0.2, 0) is 29.1 Å². The molecule has 0 radical (unpaired) electrons. The van der Waals surface area contributed by atoms with Crippen molar-refractivity contribution in [2.24, 2.45) is 0 Å². The van der Waals surface area contributed by atoms with Crippen LogP contribution in [0.15, 0.2) is 59.5 Å². The van der Waals surface area contributed by atoms with E-state index in [0.717, 1.165) is 11.1 Å². The maximum Gasteiger partial charge on any atom is 0.321 e. The molecule has 0 bridgehead atoms. The van der Waals surface area contributed by atoms with Crippen LogP contribution in [0.4, 0.5) is 0 Å². The van der Waals surface area contributed by atoms with E-state index in [1.807, 2.05) is 37.3 Å². The Morgan fingerprint density at radius 3 is 2.36 bits per heavy atom. The number of aryl methyl sites for hydroxylation is 1. The van der Waals surface area contributed by atoms with E-state index in [0.29, 0.717) is 12.8 Å². The van der Waals surface area contributed by atoms with Crippen molar-refractivity contribution >= 4 is 33.6 Å². The van der Waals surface area contributed by atoms with Gasteiger partial charge < -0.3 is 9.47 Å². The number of hydrogen-bond donors (Lipinski definition) is 0. The molecular formula is C24H28ClNO6S. The maximum atomic E-state index is 13.6. The van der Waals surface area contributed by atoms with Crippen LogP contribution in [0, 0.1) is 6.92 Å². The second kappa shape index (κ2) is 11.1. The molecule has 33 heavy (non-hydrogen) atoms. The number of nitrogens with zero attached hydrogens (tertiary/aromatic N) is 1. The van der Waals surface area contributed by atoms with Crippen LogP contribution in [0.5, 0.6) is 0 Å². The lowest BCUT2D eigenvalue weighted by Crippen LogP contribution is -2.50. The molecule has 1 fully saturated rings.